The Labute approximate surface area is 230 Å². The fourth-order valence-corrected chi connectivity index (χ4v) is 5.65. The first-order valence-electron chi connectivity index (χ1n) is 12.2. The molecule has 3 aromatic rings. The second kappa shape index (κ2) is 11.5. The number of imidazole rings is 1. The van der Waals surface area contributed by atoms with Crippen molar-refractivity contribution in [3.05, 3.63) is 42.5 Å². The van der Waals surface area contributed by atoms with Crippen molar-refractivity contribution in [2.75, 3.05) is 32.7 Å². The highest BCUT2D eigenvalue weighted by Crippen LogP contribution is 2.48. The number of anilines is 1. The van der Waals surface area contributed by atoms with E-state index in [4.69, 9.17) is 20.2 Å². The van der Waals surface area contributed by atoms with Gasteiger partial charge in [-0.1, -0.05) is 24.1 Å². The summed E-state index contributed by atoms with van der Waals surface area (Å²) in [6.45, 7) is 2.44. The number of rotatable bonds is 10. The molecule has 1 aliphatic rings. The zero-order chi connectivity index (χ0) is 29.2. The highest BCUT2D eigenvalue weighted by Gasteiger charge is 2.58. The number of para-hydroxylation sites is 1. The molecule has 0 radical (unpaired) electrons. The minimum atomic E-state index is -4.30. The van der Waals surface area contributed by atoms with Crippen LogP contribution in [0, 0.1) is 19.3 Å². The van der Waals surface area contributed by atoms with Crippen molar-refractivity contribution in [2.24, 2.45) is 0 Å². The van der Waals surface area contributed by atoms with Crippen molar-refractivity contribution in [1.82, 2.24) is 24.6 Å². The molecule has 1 aliphatic heterocycles. The summed E-state index contributed by atoms with van der Waals surface area (Å²) in [5.74, 6) is 2.32. The molecule has 214 valence electrons. The number of nitrogens with one attached hydrogen (secondary N) is 1. The van der Waals surface area contributed by atoms with E-state index < -0.39 is 50.5 Å². The highest BCUT2D eigenvalue weighted by molar-refractivity contribution is 7.52. The Bertz CT molecular complexity index is 1470. The van der Waals surface area contributed by atoms with Crippen LogP contribution in [0.5, 0.6) is 5.75 Å². The lowest BCUT2D eigenvalue weighted by Gasteiger charge is -2.24. The average molecular weight is 577 g/mol. The van der Waals surface area contributed by atoms with Crippen LogP contribution in [0.15, 0.2) is 36.7 Å². The number of aliphatic hydroxyl groups is 1. The van der Waals surface area contributed by atoms with Crippen molar-refractivity contribution in [2.45, 2.75) is 44.0 Å². The van der Waals surface area contributed by atoms with E-state index in [-0.39, 0.29) is 11.4 Å². The molecule has 0 saturated carbocycles. The van der Waals surface area contributed by atoms with Gasteiger partial charge in [-0.3, -0.25) is 13.9 Å². The van der Waals surface area contributed by atoms with Crippen molar-refractivity contribution >= 4 is 30.7 Å². The van der Waals surface area contributed by atoms with Crippen LogP contribution in [-0.4, -0.2) is 82.3 Å². The van der Waals surface area contributed by atoms with E-state index in [9.17, 15) is 14.5 Å². The van der Waals surface area contributed by atoms with Crippen LogP contribution in [0.4, 0.5) is 10.2 Å². The van der Waals surface area contributed by atoms with Gasteiger partial charge in [0.1, 0.15) is 29.8 Å². The van der Waals surface area contributed by atoms with Gasteiger partial charge < -0.3 is 24.0 Å². The number of aromatic nitrogens is 4. The number of benzene rings is 1. The van der Waals surface area contributed by atoms with Crippen molar-refractivity contribution in [1.29, 1.82) is 0 Å². The van der Waals surface area contributed by atoms with Crippen LogP contribution >= 0.6 is 7.75 Å². The first-order valence-corrected chi connectivity index (χ1v) is 13.7. The molecule has 1 saturated heterocycles. The summed E-state index contributed by atoms with van der Waals surface area (Å²) in [5.41, 5.74) is -2.14. The zero-order valence-corrected chi connectivity index (χ0v) is 23.4. The number of methoxy groups -OCH3 is 1. The number of hydrogen-bond acceptors (Lipinski definition) is 11. The Morgan fingerprint density at radius 2 is 2.08 bits per heavy atom. The summed E-state index contributed by atoms with van der Waals surface area (Å²) >= 11 is 0. The van der Waals surface area contributed by atoms with Crippen LogP contribution < -0.4 is 14.5 Å². The van der Waals surface area contributed by atoms with Gasteiger partial charge in [0.2, 0.25) is 5.67 Å². The average Bonchev–Trinajstić information content (AvgIpc) is 3.45. The Balaban J connectivity index is 1.62. The Hall–Kier alpha value is -3.60. The molecule has 1 fully saturated rings. The summed E-state index contributed by atoms with van der Waals surface area (Å²) < 4.78 is 52.7. The number of aryl methyl sites for hydroxylation is 1. The Kier molecular flexibility index (Phi) is 8.44. The number of terminal acetylenes is 1. The normalized spacial score (nSPS) is 24.7. The lowest BCUT2D eigenvalue weighted by Crippen LogP contribution is -2.42. The van der Waals surface area contributed by atoms with Gasteiger partial charge in [0.15, 0.2) is 23.2 Å². The molecule has 0 amide bonds. The van der Waals surface area contributed by atoms with Crippen LogP contribution in [0.3, 0.4) is 0 Å². The quantitative estimate of drug-likeness (QED) is 0.207. The van der Waals surface area contributed by atoms with Gasteiger partial charge in [-0.25, -0.2) is 23.9 Å². The van der Waals surface area contributed by atoms with Gasteiger partial charge in [-0.05, 0) is 26.0 Å². The van der Waals surface area contributed by atoms with Gasteiger partial charge in [-0.15, -0.1) is 6.42 Å². The van der Waals surface area contributed by atoms with E-state index in [1.54, 1.807) is 44.1 Å². The second-order valence-electron chi connectivity index (χ2n) is 9.27. The number of hydrogen-bond donors (Lipinski definition) is 2. The third kappa shape index (κ3) is 5.65. The molecule has 1 aromatic carbocycles. The minimum Gasteiger partial charge on any atom is -0.468 e. The molecule has 2 aromatic heterocycles. The second-order valence-corrected chi connectivity index (χ2v) is 11.0. The molecule has 15 heteroatoms. The number of alkyl halides is 1. The van der Waals surface area contributed by atoms with Gasteiger partial charge >= 0.3 is 13.7 Å². The van der Waals surface area contributed by atoms with E-state index >= 15 is 4.39 Å². The number of carbonyl (C=O) groups excluding carboxylic acids is 1. The number of esters is 1. The lowest BCUT2D eigenvalue weighted by atomic mass is 9.97. The highest BCUT2D eigenvalue weighted by atomic mass is 31.2. The monoisotopic (exact) mass is 576 g/mol. The van der Waals surface area contributed by atoms with Gasteiger partial charge in [-0.2, -0.15) is 5.09 Å². The maximum Gasteiger partial charge on any atom is 0.459 e. The molecule has 0 bridgehead atoms. The van der Waals surface area contributed by atoms with Gasteiger partial charge in [0.25, 0.3) is 0 Å². The van der Waals surface area contributed by atoms with Crippen LogP contribution in [0.2, 0.25) is 0 Å². The molecule has 13 nitrogen and oxygen atoms in total. The largest absolute Gasteiger partial charge is 0.468 e. The molecule has 3 heterocycles. The molecule has 1 unspecified atom stereocenters. The molecule has 0 aliphatic carbocycles. The summed E-state index contributed by atoms with van der Waals surface area (Å²) in [5, 5.41) is 13.4. The molecular formula is C25H30FN6O7P. The Morgan fingerprint density at radius 3 is 2.70 bits per heavy atom. The predicted molar refractivity (Wildman–Crippen MR) is 142 cm³/mol. The molecular weight excluding hydrogens is 546 g/mol. The predicted octanol–water partition coefficient (Wildman–Crippen LogP) is 2.16. The number of halogens is 1. The van der Waals surface area contributed by atoms with E-state index in [2.05, 4.69) is 24.8 Å². The van der Waals surface area contributed by atoms with Crippen molar-refractivity contribution < 1.29 is 37.4 Å². The molecule has 2 N–H and O–H groups in total. The number of fused-ring (bicyclic) bond motifs is 1. The minimum absolute atomic E-state index is 0.168. The van der Waals surface area contributed by atoms with E-state index in [0.29, 0.717) is 17.2 Å². The van der Waals surface area contributed by atoms with Crippen LogP contribution in [0.25, 0.3) is 11.2 Å². The fraction of sp³-hybridized carbons (Fsp3) is 0.440. The standard InChI is InChI=1S/C25H30FN6O7P/c1-7-25(26)20(33)18(38-24(25)32-14-27-19-21(31(4)5)28-16(3)29-22(19)32)13-37-40(35,30-15(2)23(34)36-6)39-17-11-9-8-10-12-17/h1,8-12,14-15,18,20,24,33H,13H2,2-6H3,(H,30,35)/t15-,18+,20+,24+,25+,40?/m0/s1. The third-order valence-corrected chi connectivity index (χ3v) is 7.79. The Morgan fingerprint density at radius 1 is 1.38 bits per heavy atom. The summed E-state index contributed by atoms with van der Waals surface area (Å²) in [4.78, 5) is 26.8. The SMILES string of the molecule is C#C[C@@]1(F)[C@H](O)[C@@H](COP(=O)(N[C@@H](C)C(=O)OC)Oc2ccccc2)O[C@H]1n1cnc2c(N(C)C)nc(C)nc21. The van der Waals surface area contributed by atoms with E-state index in [1.807, 2.05) is 5.92 Å². The van der Waals surface area contributed by atoms with Crippen molar-refractivity contribution in [3.8, 4) is 18.1 Å². The number of nitrogens with zero attached hydrogens (tertiary/aromatic N) is 5. The smallest absolute Gasteiger partial charge is 0.459 e. The van der Waals surface area contributed by atoms with Gasteiger partial charge in [0, 0.05) is 14.1 Å². The molecule has 40 heavy (non-hydrogen) atoms. The van der Waals surface area contributed by atoms with Crippen LogP contribution in [0.1, 0.15) is 19.0 Å². The maximum atomic E-state index is 16.2. The first-order chi connectivity index (χ1) is 18.9. The summed E-state index contributed by atoms with van der Waals surface area (Å²) in [7, 11) is 0.416. The molecule has 0 spiro atoms. The zero-order valence-electron chi connectivity index (χ0n) is 22.5. The molecule has 4 rings (SSSR count). The fourth-order valence-electron chi connectivity index (χ4n) is 4.15. The number of ether oxygens (including phenoxy) is 2. The first kappa shape index (κ1) is 29.4. The summed E-state index contributed by atoms with van der Waals surface area (Å²) in [6, 6.07) is 6.96. The number of carbonyl (C=O) groups is 1. The lowest BCUT2D eigenvalue weighted by molar-refractivity contribution is -0.142. The number of aliphatic hydroxyl groups excluding tert-OH is 1. The third-order valence-electron chi connectivity index (χ3n) is 6.14. The molecule has 6 atom stereocenters. The van der Waals surface area contributed by atoms with Crippen molar-refractivity contribution in [3.63, 3.8) is 0 Å². The summed E-state index contributed by atoms with van der Waals surface area (Å²) in [6.07, 6.45) is 1.97. The maximum absolute atomic E-state index is 16.2. The topological polar surface area (TPSA) is 150 Å². The van der Waals surface area contributed by atoms with E-state index in [0.717, 1.165) is 0 Å². The van der Waals surface area contributed by atoms with E-state index in [1.165, 1.54) is 37.1 Å². The van der Waals surface area contributed by atoms with Crippen LogP contribution in [-0.2, 0) is 23.4 Å². The van der Waals surface area contributed by atoms with Gasteiger partial charge in [0.05, 0.1) is 20.0 Å².